The summed E-state index contributed by atoms with van der Waals surface area (Å²) in [6.07, 6.45) is 11.7. The van der Waals surface area contributed by atoms with Gasteiger partial charge in [0.05, 0.1) is 22.3 Å². The van der Waals surface area contributed by atoms with Crippen molar-refractivity contribution in [1.29, 1.82) is 0 Å². The van der Waals surface area contributed by atoms with Gasteiger partial charge in [0.25, 0.3) is 0 Å². The molecular weight excluding hydrogens is 347 g/mol. The number of aliphatic hydroxyl groups is 1. The quantitative estimate of drug-likeness (QED) is 0.303. The van der Waals surface area contributed by atoms with Gasteiger partial charge in [-0.25, -0.2) is 4.21 Å². The van der Waals surface area contributed by atoms with Crippen molar-refractivity contribution in [1.82, 2.24) is 0 Å². The summed E-state index contributed by atoms with van der Waals surface area (Å²) in [5, 5.41) is 9.41. The van der Waals surface area contributed by atoms with E-state index in [1.807, 2.05) is 0 Å². The molecule has 0 bridgehead atoms. The summed E-state index contributed by atoms with van der Waals surface area (Å²) < 4.78 is 30.7. The van der Waals surface area contributed by atoms with Crippen molar-refractivity contribution in [2.45, 2.75) is 77.2 Å². The van der Waals surface area contributed by atoms with E-state index in [0.29, 0.717) is 6.61 Å². The van der Waals surface area contributed by atoms with Crippen LogP contribution in [0.4, 0.5) is 0 Å². The average molecular weight is 379 g/mol. The molecule has 0 aromatic carbocycles. The predicted octanol–water partition coefficient (Wildman–Crippen LogP) is 0.0971. The van der Waals surface area contributed by atoms with Crippen molar-refractivity contribution in [3.05, 3.63) is 0 Å². The zero-order chi connectivity index (χ0) is 16.7. The third kappa shape index (κ3) is 23.2. The Morgan fingerprint density at radius 2 is 1.48 bits per heavy atom. The van der Waals surface area contributed by atoms with Gasteiger partial charge in [0.15, 0.2) is 0 Å². The van der Waals surface area contributed by atoms with Crippen LogP contribution in [0.2, 0.25) is 0 Å². The Kier molecular flexibility index (Phi) is 20.7. The smallest absolute Gasteiger partial charge is 0.748 e. The molecule has 0 saturated heterocycles. The molecule has 8 heteroatoms. The summed E-state index contributed by atoms with van der Waals surface area (Å²) >= 11 is 4.04. The fourth-order valence-corrected chi connectivity index (χ4v) is 2.61. The molecule has 0 saturated carbocycles. The van der Waals surface area contributed by atoms with Crippen LogP contribution in [0.1, 0.15) is 71.1 Å². The number of rotatable bonds is 16. The Labute approximate surface area is 168 Å². The van der Waals surface area contributed by atoms with Gasteiger partial charge in [-0.2, -0.15) is 0 Å². The Hall–Kier alpha value is 1.21. The zero-order valence-electron chi connectivity index (χ0n) is 14.7. The molecule has 0 aromatic heterocycles. The molecule has 0 aliphatic carbocycles. The zero-order valence-corrected chi connectivity index (χ0v) is 18.3. The van der Waals surface area contributed by atoms with Crippen molar-refractivity contribution >= 4 is 20.2 Å². The molecule has 0 fully saturated rings. The molecule has 2 atom stereocenters. The second-order valence-corrected chi connectivity index (χ2v) is 7.88. The van der Waals surface area contributed by atoms with Gasteiger partial charge in [-0.15, -0.1) is 0 Å². The van der Waals surface area contributed by atoms with Crippen molar-refractivity contribution in [3.63, 3.8) is 0 Å². The Bertz CT molecular complexity index is 339. The van der Waals surface area contributed by atoms with Gasteiger partial charge in [0, 0.05) is 6.61 Å². The first-order chi connectivity index (χ1) is 10.5. The van der Waals surface area contributed by atoms with Gasteiger partial charge >= 0.3 is 29.6 Å². The molecule has 23 heavy (non-hydrogen) atoms. The van der Waals surface area contributed by atoms with E-state index < -0.39 is 15.2 Å². The maximum atomic E-state index is 10.6. The van der Waals surface area contributed by atoms with E-state index >= 15 is 0 Å². The summed E-state index contributed by atoms with van der Waals surface area (Å²) in [6, 6.07) is 0. The summed E-state index contributed by atoms with van der Waals surface area (Å²) in [4.78, 5) is 0. The van der Waals surface area contributed by atoms with Crippen molar-refractivity contribution < 1.29 is 52.3 Å². The van der Waals surface area contributed by atoms with Crippen molar-refractivity contribution in [2.24, 2.45) is 0 Å². The molecule has 5 nitrogen and oxygen atoms in total. The summed E-state index contributed by atoms with van der Waals surface area (Å²) in [6.45, 7) is 2.54. The van der Waals surface area contributed by atoms with Gasteiger partial charge in [-0.3, -0.25) is 4.18 Å². The fourth-order valence-electron chi connectivity index (χ4n) is 2.12. The monoisotopic (exact) mass is 378 g/mol. The average Bonchev–Trinajstić information content (AvgIpc) is 2.45. The van der Waals surface area contributed by atoms with Gasteiger partial charge in [-0.05, 0) is 17.6 Å². The van der Waals surface area contributed by atoms with Crippen LogP contribution in [0.25, 0.3) is 0 Å². The summed E-state index contributed by atoms with van der Waals surface area (Å²) in [5.74, 6) is 0. The minimum absolute atomic E-state index is 0. The number of unbranched alkanes of at least 4 members (excludes halogenated alkanes) is 9. The van der Waals surface area contributed by atoms with Crippen LogP contribution >= 0.6 is 0 Å². The Morgan fingerprint density at radius 1 is 1.00 bits per heavy atom. The molecule has 1 unspecified atom stereocenters. The maximum absolute atomic E-state index is 10.6. The molecular formula is C15H31NaO5S2. The SMILES string of the molecule is CCCCCCCCCCCCOC[C@H](O)COS(=O)([O-])=S.[Na+]. The first-order valence-corrected chi connectivity index (χ1v) is 10.6. The molecule has 0 rings (SSSR count). The van der Waals surface area contributed by atoms with E-state index in [0.717, 1.165) is 12.8 Å². The molecule has 0 amide bonds. The van der Waals surface area contributed by atoms with Crippen LogP contribution in [0, 0.1) is 0 Å². The summed E-state index contributed by atoms with van der Waals surface area (Å²) in [5.41, 5.74) is 0. The molecule has 0 aliphatic rings. The molecule has 1 N–H and O–H groups in total. The second-order valence-electron chi connectivity index (χ2n) is 5.60. The van der Waals surface area contributed by atoms with E-state index in [9.17, 15) is 13.9 Å². The van der Waals surface area contributed by atoms with Crippen molar-refractivity contribution in [3.8, 4) is 0 Å². The minimum Gasteiger partial charge on any atom is -0.748 e. The number of ether oxygens (including phenoxy) is 1. The van der Waals surface area contributed by atoms with Gasteiger partial charge in [0.2, 0.25) is 0 Å². The third-order valence-corrected chi connectivity index (χ3v) is 4.07. The Balaban J connectivity index is 0. The van der Waals surface area contributed by atoms with Crippen LogP contribution in [0.5, 0.6) is 0 Å². The topological polar surface area (TPSA) is 78.8 Å². The molecule has 0 heterocycles. The first kappa shape index (κ1) is 26.4. The van der Waals surface area contributed by atoms with E-state index in [4.69, 9.17) is 4.74 Å². The number of hydrogen-bond acceptors (Lipinski definition) is 6. The number of aliphatic hydroxyl groups excluding tert-OH is 1. The van der Waals surface area contributed by atoms with E-state index in [2.05, 4.69) is 22.3 Å². The largest absolute Gasteiger partial charge is 1.00 e. The van der Waals surface area contributed by atoms with Gasteiger partial charge in [0.1, 0.15) is 6.10 Å². The van der Waals surface area contributed by atoms with Crippen molar-refractivity contribution in [2.75, 3.05) is 19.8 Å². The molecule has 0 aliphatic heterocycles. The van der Waals surface area contributed by atoms with Crippen LogP contribution < -0.4 is 29.6 Å². The molecule has 0 radical (unpaired) electrons. The third-order valence-electron chi connectivity index (χ3n) is 3.36. The molecule has 0 spiro atoms. The molecule has 0 aromatic rings. The second kappa shape index (κ2) is 18.0. The van der Waals surface area contributed by atoms with Gasteiger partial charge in [-0.1, -0.05) is 64.7 Å². The van der Waals surface area contributed by atoms with E-state index in [1.165, 1.54) is 51.4 Å². The Morgan fingerprint density at radius 3 is 1.96 bits per heavy atom. The fraction of sp³-hybridized carbons (Fsp3) is 1.00. The first-order valence-electron chi connectivity index (χ1n) is 8.31. The van der Waals surface area contributed by atoms with Crippen LogP contribution in [-0.2, 0) is 29.2 Å². The van der Waals surface area contributed by atoms with Gasteiger partial charge < -0.3 is 14.4 Å². The van der Waals surface area contributed by atoms with Crippen LogP contribution in [0.3, 0.4) is 0 Å². The predicted molar refractivity (Wildman–Crippen MR) is 90.9 cm³/mol. The number of hydrogen-bond donors (Lipinski definition) is 1. The summed E-state index contributed by atoms with van der Waals surface area (Å²) in [7, 11) is -3.91. The molecule has 134 valence electrons. The minimum atomic E-state index is -3.91. The van der Waals surface area contributed by atoms with Crippen LogP contribution in [0.15, 0.2) is 0 Å². The van der Waals surface area contributed by atoms with E-state index in [-0.39, 0.29) is 42.8 Å². The van der Waals surface area contributed by atoms with Crippen LogP contribution in [-0.4, -0.2) is 39.8 Å². The normalized spacial score (nSPS) is 14.9. The standard InChI is InChI=1S/C15H32O5S2.Na/c1-2-3-4-5-6-7-8-9-10-11-12-19-13-15(16)14-20-22(17,18)21;/h15-16H,2-14H2,1H3,(H,17,18,21);/q;+1/p-1/t15-;/m0./s1. The maximum Gasteiger partial charge on any atom is 1.00 e. The van der Waals surface area contributed by atoms with E-state index in [1.54, 1.807) is 0 Å².